The van der Waals surface area contributed by atoms with Crippen molar-refractivity contribution >= 4 is 28.3 Å². The van der Waals surface area contributed by atoms with E-state index in [0.29, 0.717) is 13.2 Å². The van der Waals surface area contributed by atoms with E-state index in [1.807, 2.05) is 36.4 Å². The van der Waals surface area contributed by atoms with Gasteiger partial charge >= 0.3 is 0 Å². The van der Waals surface area contributed by atoms with E-state index in [1.165, 1.54) is 12.5 Å². The smallest absolute Gasteiger partial charge is 0.254 e. The molecule has 3 aromatic carbocycles. The molecule has 3 aromatic rings. The molecule has 1 atom stereocenters. The topological polar surface area (TPSA) is 58.6 Å². The Hall–Kier alpha value is -3.34. The number of ether oxygens (including phenoxy) is 1. The summed E-state index contributed by atoms with van der Waals surface area (Å²) in [5.74, 6) is 0.455. The van der Waals surface area contributed by atoms with Crippen molar-refractivity contribution in [3.05, 3.63) is 71.8 Å². The zero-order valence-electron chi connectivity index (χ0n) is 18.1. The number of nitrogens with zero attached hydrogens (tertiary/aromatic N) is 1. The first-order valence-corrected chi connectivity index (χ1v) is 10.9. The second-order valence-electron chi connectivity index (χ2n) is 7.98. The summed E-state index contributed by atoms with van der Waals surface area (Å²) in [4.78, 5) is 26.5. The van der Waals surface area contributed by atoms with Gasteiger partial charge in [-0.05, 0) is 47.4 Å². The SMILES string of the molecule is CCCCc1ccc2c(c1)C(NC(C)=O)C(=O)N2CCOc1ccc2ccccc2c1. The van der Waals surface area contributed by atoms with Crippen LogP contribution in [-0.2, 0) is 16.0 Å². The molecule has 5 heteroatoms. The number of hydrogen-bond acceptors (Lipinski definition) is 3. The second kappa shape index (κ2) is 9.21. The molecule has 0 spiro atoms. The molecule has 5 nitrogen and oxygen atoms in total. The van der Waals surface area contributed by atoms with Crippen molar-refractivity contribution in [2.75, 3.05) is 18.1 Å². The van der Waals surface area contributed by atoms with Crippen LogP contribution in [0.3, 0.4) is 0 Å². The highest BCUT2D eigenvalue weighted by Gasteiger charge is 2.37. The molecule has 4 rings (SSSR count). The Labute approximate surface area is 183 Å². The minimum absolute atomic E-state index is 0.111. The molecule has 1 N–H and O–H groups in total. The predicted molar refractivity (Wildman–Crippen MR) is 123 cm³/mol. The Morgan fingerprint density at radius 3 is 2.65 bits per heavy atom. The molecule has 0 saturated heterocycles. The maximum Gasteiger partial charge on any atom is 0.254 e. The number of amides is 2. The van der Waals surface area contributed by atoms with Crippen LogP contribution >= 0.6 is 0 Å². The van der Waals surface area contributed by atoms with Crippen LogP contribution in [0.15, 0.2) is 60.7 Å². The minimum atomic E-state index is -0.630. The van der Waals surface area contributed by atoms with Gasteiger partial charge in [0.2, 0.25) is 5.91 Å². The van der Waals surface area contributed by atoms with Crippen LogP contribution in [0.2, 0.25) is 0 Å². The summed E-state index contributed by atoms with van der Waals surface area (Å²) < 4.78 is 5.95. The van der Waals surface area contributed by atoms with Crippen molar-refractivity contribution in [3.63, 3.8) is 0 Å². The quantitative estimate of drug-likeness (QED) is 0.575. The summed E-state index contributed by atoms with van der Waals surface area (Å²) in [6.07, 6.45) is 3.18. The number of fused-ring (bicyclic) bond motifs is 2. The third-order valence-electron chi connectivity index (χ3n) is 5.68. The highest BCUT2D eigenvalue weighted by molar-refractivity contribution is 6.06. The summed E-state index contributed by atoms with van der Waals surface area (Å²) in [6.45, 7) is 4.39. The lowest BCUT2D eigenvalue weighted by Crippen LogP contribution is -2.38. The van der Waals surface area contributed by atoms with E-state index in [-0.39, 0.29) is 11.8 Å². The van der Waals surface area contributed by atoms with E-state index in [1.54, 1.807) is 4.90 Å². The van der Waals surface area contributed by atoms with Gasteiger partial charge in [0, 0.05) is 18.2 Å². The molecule has 1 aliphatic rings. The summed E-state index contributed by atoms with van der Waals surface area (Å²) in [5.41, 5.74) is 2.92. The number of rotatable bonds is 8. The Morgan fingerprint density at radius 1 is 1.06 bits per heavy atom. The Bertz CT molecular complexity index is 1110. The molecule has 0 bridgehead atoms. The molecule has 1 aliphatic heterocycles. The number of carbonyl (C=O) groups excluding carboxylic acids is 2. The van der Waals surface area contributed by atoms with E-state index in [2.05, 4.69) is 36.5 Å². The van der Waals surface area contributed by atoms with Crippen LogP contribution in [0.1, 0.15) is 43.9 Å². The number of benzene rings is 3. The van der Waals surface area contributed by atoms with Crippen LogP contribution in [0.4, 0.5) is 5.69 Å². The highest BCUT2D eigenvalue weighted by atomic mass is 16.5. The zero-order valence-corrected chi connectivity index (χ0v) is 18.1. The molecule has 31 heavy (non-hydrogen) atoms. The number of carbonyl (C=O) groups is 2. The zero-order chi connectivity index (χ0) is 21.8. The maximum absolute atomic E-state index is 13.1. The fraction of sp³-hybridized carbons (Fsp3) is 0.308. The van der Waals surface area contributed by atoms with Crippen molar-refractivity contribution in [1.29, 1.82) is 0 Å². The van der Waals surface area contributed by atoms with Gasteiger partial charge in [-0.25, -0.2) is 0 Å². The summed E-state index contributed by atoms with van der Waals surface area (Å²) >= 11 is 0. The molecule has 0 radical (unpaired) electrons. The lowest BCUT2D eigenvalue weighted by atomic mass is 10.0. The molecule has 160 valence electrons. The lowest BCUT2D eigenvalue weighted by molar-refractivity contribution is -0.126. The van der Waals surface area contributed by atoms with Crippen LogP contribution in [0.5, 0.6) is 5.75 Å². The Morgan fingerprint density at radius 2 is 1.87 bits per heavy atom. The van der Waals surface area contributed by atoms with E-state index < -0.39 is 6.04 Å². The fourth-order valence-corrected chi connectivity index (χ4v) is 4.11. The van der Waals surface area contributed by atoms with Gasteiger partial charge in [-0.15, -0.1) is 0 Å². The molecule has 0 fully saturated rings. The molecule has 0 aromatic heterocycles. The van der Waals surface area contributed by atoms with Gasteiger partial charge in [0.15, 0.2) is 0 Å². The van der Waals surface area contributed by atoms with Crippen molar-refractivity contribution in [2.45, 2.75) is 39.2 Å². The third kappa shape index (κ3) is 4.55. The predicted octanol–water partition coefficient (Wildman–Crippen LogP) is 4.79. The first-order chi connectivity index (χ1) is 15.1. The molecule has 2 amide bonds. The second-order valence-corrected chi connectivity index (χ2v) is 7.98. The van der Waals surface area contributed by atoms with Gasteiger partial charge in [-0.2, -0.15) is 0 Å². The molecular weight excluding hydrogens is 388 g/mol. The van der Waals surface area contributed by atoms with Crippen LogP contribution in [-0.4, -0.2) is 25.0 Å². The van der Waals surface area contributed by atoms with Crippen molar-refractivity contribution in [1.82, 2.24) is 5.32 Å². The average Bonchev–Trinajstić information content (AvgIpc) is 3.02. The van der Waals surface area contributed by atoms with E-state index in [9.17, 15) is 9.59 Å². The third-order valence-corrected chi connectivity index (χ3v) is 5.68. The standard InChI is InChI=1S/C26H28N2O3/c1-3-4-7-19-10-13-24-23(16-19)25(27-18(2)29)26(30)28(24)14-15-31-22-12-11-20-8-5-6-9-21(20)17-22/h5-6,8-13,16-17,25H,3-4,7,14-15H2,1-2H3,(H,27,29). The minimum Gasteiger partial charge on any atom is -0.492 e. The number of unbranched alkanes of at least 4 members (excludes halogenated alkanes) is 1. The van der Waals surface area contributed by atoms with Gasteiger partial charge < -0.3 is 15.0 Å². The van der Waals surface area contributed by atoms with Gasteiger partial charge in [-0.1, -0.05) is 55.8 Å². The Balaban J connectivity index is 1.49. The van der Waals surface area contributed by atoms with Crippen molar-refractivity contribution in [3.8, 4) is 5.75 Å². The Kier molecular flexibility index (Phi) is 6.21. The lowest BCUT2D eigenvalue weighted by Gasteiger charge is -2.18. The van der Waals surface area contributed by atoms with Gasteiger partial charge in [0.05, 0.1) is 6.54 Å². The molecule has 1 heterocycles. The van der Waals surface area contributed by atoms with Crippen LogP contribution in [0, 0.1) is 0 Å². The molecule has 0 saturated carbocycles. The molecule has 0 aliphatic carbocycles. The highest BCUT2D eigenvalue weighted by Crippen LogP contribution is 2.36. The maximum atomic E-state index is 13.1. The summed E-state index contributed by atoms with van der Waals surface area (Å²) in [5, 5.41) is 5.10. The largest absolute Gasteiger partial charge is 0.492 e. The van der Waals surface area contributed by atoms with Crippen molar-refractivity contribution in [2.24, 2.45) is 0 Å². The van der Waals surface area contributed by atoms with Crippen molar-refractivity contribution < 1.29 is 14.3 Å². The van der Waals surface area contributed by atoms with Gasteiger partial charge in [-0.3, -0.25) is 9.59 Å². The number of hydrogen-bond donors (Lipinski definition) is 1. The van der Waals surface area contributed by atoms with Gasteiger partial charge in [0.25, 0.3) is 5.91 Å². The number of nitrogens with one attached hydrogen (secondary N) is 1. The molecule has 1 unspecified atom stereocenters. The van der Waals surface area contributed by atoms with Crippen LogP contribution in [0.25, 0.3) is 10.8 Å². The fourth-order valence-electron chi connectivity index (χ4n) is 4.11. The average molecular weight is 417 g/mol. The first kappa shape index (κ1) is 20.9. The van der Waals surface area contributed by atoms with E-state index in [4.69, 9.17) is 4.74 Å². The summed E-state index contributed by atoms with van der Waals surface area (Å²) in [7, 11) is 0. The first-order valence-electron chi connectivity index (χ1n) is 10.9. The normalized spacial score (nSPS) is 15.2. The summed E-state index contributed by atoms with van der Waals surface area (Å²) in [6, 6.07) is 19.6. The number of anilines is 1. The van der Waals surface area contributed by atoms with E-state index in [0.717, 1.165) is 47.0 Å². The van der Waals surface area contributed by atoms with Gasteiger partial charge in [0.1, 0.15) is 18.4 Å². The number of aryl methyl sites for hydroxylation is 1. The monoisotopic (exact) mass is 416 g/mol. The van der Waals surface area contributed by atoms with Crippen LogP contribution < -0.4 is 15.0 Å². The van der Waals surface area contributed by atoms with E-state index >= 15 is 0 Å². The molecular formula is C26H28N2O3.